The summed E-state index contributed by atoms with van der Waals surface area (Å²) in [7, 11) is 3.09. The maximum Gasteiger partial charge on any atom is 0.164 e. The van der Waals surface area contributed by atoms with E-state index in [1.807, 2.05) is 24.3 Å². The second kappa shape index (κ2) is 4.68. The van der Waals surface area contributed by atoms with Crippen LogP contribution in [-0.4, -0.2) is 4.21 Å². The lowest BCUT2D eigenvalue weighted by atomic mass is 10.3. The van der Waals surface area contributed by atoms with Gasteiger partial charge in [-0.15, -0.1) is 0 Å². The Balaban J connectivity index is 2.48. The van der Waals surface area contributed by atoms with Gasteiger partial charge in [0.05, 0.1) is 10.6 Å². The van der Waals surface area contributed by atoms with Crippen LogP contribution in [0.15, 0.2) is 69.9 Å². The standard InChI is InChI=1S/C12H10ClNOS/c13-16(15,12-9-5-2-6-10-12)14-11-7-3-1-4-8-11/h1-10H. The minimum absolute atomic E-state index is 0.528. The van der Waals surface area contributed by atoms with Gasteiger partial charge in [0.1, 0.15) is 0 Å². The van der Waals surface area contributed by atoms with Gasteiger partial charge >= 0.3 is 0 Å². The monoisotopic (exact) mass is 251 g/mol. The second-order valence-corrected chi connectivity index (χ2v) is 6.02. The molecule has 16 heavy (non-hydrogen) atoms. The van der Waals surface area contributed by atoms with E-state index >= 15 is 0 Å². The van der Waals surface area contributed by atoms with Gasteiger partial charge in [-0.05, 0) is 24.3 Å². The van der Waals surface area contributed by atoms with Crippen molar-refractivity contribution in [2.45, 2.75) is 4.90 Å². The van der Waals surface area contributed by atoms with Gasteiger partial charge in [0, 0.05) is 10.7 Å². The van der Waals surface area contributed by atoms with Crippen molar-refractivity contribution in [3.63, 3.8) is 0 Å². The molecule has 0 aliphatic rings. The van der Waals surface area contributed by atoms with Crippen LogP contribution in [0.5, 0.6) is 0 Å². The predicted molar refractivity (Wildman–Crippen MR) is 67.2 cm³/mol. The SMILES string of the molecule is O=S(Cl)(=Nc1ccccc1)c1ccccc1. The second-order valence-electron chi connectivity index (χ2n) is 3.20. The van der Waals surface area contributed by atoms with Crippen LogP contribution < -0.4 is 0 Å². The lowest BCUT2D eigenvalue weighted by Gasteiger charge is -2.01. The molecule has 0 amide bonds. The van der Waals surface area contributed by atoms with E-state index in [9.17, 15) is 4.21 Å². The van der Waals surface area contributed by atoms with Gasteiger partial charge in [-0.25, -0.2) is 4.21 Å². The Bertz CT molecular complexity index is 574. The molecule has 1 unspecified atom stereocenters. The van der Waals surface area contributed by atoms with Crippen molar-refractivity contribution in [3.05, 3.63) is 60.7 Å². The van der Waals surface area contributed by atoms with E-state index in [4.69, 9.17) is 10.7 Å². The van der Waals surface area contributed by atoms with Crippen LogP contribution in [0.2, 0.25) is 0 Å². The molecule has 0 aliphatic carbocycles. The molecule has 0 aliphatic heterocycles. The van der Waals surface area contributed by atoms with Crippen molar-refractivity contribution in [3.8, 4) is 0 Å². The van der Waals surface area contributed by atoms with E-state index in [-0.39, 0.29) is 0 Å². The molecule has 2 rings (SSSR count). The summed E-state index contributed by atoms with van der Waals surface area (Å²) < 4.78 is 16.2. The zero-order valence-electron chi connectivity index (χ0n) is 8.42. The van der Waals surface area contributed by atoms with Gasteiger partial charge < -0.3 is 0 Å². The molecule has 0 saturated carbocycles. The van der Waals surface area contributed by atoms with Crippen LogP contribution in [0.25, 0.3) is 0 Å². The van der Waals surface area contributed by atoms with Crippen LogP contribution in [-0.2, 0) is 8.94 Å². The molecule has 0 spiro atoms. The third kappa shape index (κ3) is 2.62. The fourth-order valence-electron chi connectivity index (χ4n) is 1.27. The van der Waals surface area contributed by atoms with Gasteiger partial charge in [0.25, 0.3) is 0 Å². The Morgan fingerprint density at radius 1 is 0.875 bits per heavy atom. The molecule has 0 saturated heterocycles. The molecule has 0 heterocycles. The van der Waals surface area contributed by atoms with Crippen molar-refractivity contribution < 1.29 is 4.21 Å². The van der Waals surface area contributed by atoms with Gasteiger partial charge in [0.15, 0.2) is 8.94 Å². The molecule has 82 valence electrons. The van der Waals surface area contributed by atoms with Gasteiger partial charge in [0.2, 0.25) is 0 Å². The molecular weight excluding hydrogens is 242 g/mol. The van der Waals surface area contributed by atoms with Crippen molar-refractivity contribution in [2.75, 3.05) is 0 Å². The molecule has 2 nitrogen and oxygen atoms in total. The van der Waals surface area contributed by atoms with Crippen LogP contribution >= 0.6 is 10.7 Å². The van der Waals surface area contributed by atoms with E-state index in [1.54, 1.807) is 36.4 Å². The largest absolute Gasteiger partial charge is 0.228 e. The number of nitrogens with zero attached hydrogens (tertiary/aromatic N) is 1. The minimum atomic E-state index is -2.87. The fraction of sp³-hybridized carbons (Fsp3) is 0. The highest BCUT2D eigenvalue weighted by molar-refractivity contribution is 8.15. The molecule has 0 aromatic heterocycles. The first-order valence-corrected chi connectivity index (χ1v) is 7.09. The van der Waals surface area contributed by atoms with E-state index in [0.29, 0.717) is 10.6 Å². The lowest BCUT2D eigenvalue weighted by Crippen LogP contribution is -1.88. The zero-order chi connectivity index (χ0) is 11.4. The van der Waals surface area contributed by atoms with Crippen LogP contribution in [0, 0.1) is 0 Å². The molecule has 1 atom stereocenters. The van der Waals surface area contributed by atoms with Crippen molar-refractivity contribution >= 4 is 25.3 Å². The van der Waals surface area contributed by atoms with E-state index in [2.05, 4.69) is 4.36 Å². The maximum absolute atomic E-state index is 12.2. The van der Waals surface area contributed by atoms with Gasteiger partial charge in [-0.2, -0.15) is 4.36 Å². The normalized spacial score (nSPS) is 14.1. The van der Waals surface area contributed by atoms with E-state index < -0.39 is 8.94 Å². The predicted octanol–water partition coefficient (Wildman–Crippen LogP) is 4.00. The topological polar surface area (TPSA) is 29.4 Å². The summed E-state index contributed by atoms with van der Waals surface area (Å²) in [5, 5.41) is 0. The molecule has 0 fully saturated rings. The molecule has 0 N–H and O–H groups in total. The van der Waals surface area contributed by atoms with E-state index in [0.717, 1.165) is 0 Å². The summed E-state index contributed by atoms with van der Waals surface area (Å²) in [5.41, 5.74) is 0.617. The van der Waals surface area contributed by atoms with E-state index in [1.165, 1.54) is 0 Å². The number of hydrogen-bond donors (Lipinski definition) is 0. The average Bonchev–Trinajstić information content (AvgIpc) is 2.31. The molecular formula is C12H10ClNOS. The minimum Gasteiger partial charge on any atom is -0.228 e. The summed E-state index contributed by atoms with van der Waals surface area (Å²) in [5.74, 6) is 0. The first kappa shape index (κ1) is 11.2. The fourth-order valence-corrected chi connectivity index (χ4v) is 2.80. The van der Waals surface area contributed by atoms with Crippen LogP contribution in [0.3, 0.4) is 0 Å². The molecule has 4 heteroatoms. The summed E-state index contributed by atoms with van der Waals surface area (Å²) in [6.07, 6.45) is 0. The Morgan fingerprint density at radius 2 is 1.38 bits per heavy atom. The quantitative estimate of drug-likeness (QED) is 0.742. The zero-order valence-corrected chi connectivity index (χ0v) is 9.99. The molecule has 0 bridgehead atoms. The highest BCUT2D eigenvalue weighted by Crippen LogP contribution is 2.23. The average molecular weight is 252 g/mol. The Labute approximate surface area is 99.6 Å². The van der Waals surface area contributed by atoms with Crippen LogP contribution in [0.4, 0.5) is 5.69 Å². The summed E-state index contributed by atoms with van der Waals surface area (Å²) in [6.45, 7) is 0. The number of halogens is 1. The third-order valence-electron chi connectivity index (χ3n) is 2.01. The first-order chi connectivity index (χ1) is 7.68. The Morgan fingerprint density at radius 3 is 1.94 bits per heavy atom. The number of benzene rings is 2. The molecule has 0 radical (unpaired) electrons. The van der Waals surface area contributed by atoms with Gasteiger partial charge in [-0.1, -0.05) is 36.4 Å². The molecule has 2 aromatic rings. The summed E-state index contributed by atoms with van der Waals surface area (Å²) >= 11 is 0. The third-order valence-corrected chi connectivity index (χ3v) is 4.05. The smallest absolute Gasteiger partial charge is 0.164 e. The van der Waals surface area contributed by atoms with Crippen LogP contribution in [0.1, 0.15) is 0 Å². The highest BCUT2D eigenvalue weighted by Gasteiger charge is 2.07. The Kier molecular flexibility index (Phi) is 3.27. The lowest BCUT2D eigenvalue weighted by molar-refractivity contribution is 0.685. The first-order valence-electron chi connectivity index (χ1n) is 4.75. The molecule has 2 aromatic carbocycles. The van der Waals surface area contributed by atoms with Crippen molar-refractivity contribution in [1.82, 2.24) is 0 Å². The highest BCUT2D eigenvalue weighted by atomic mass is 35.7. The maximum atomic E-state index is 12.2. The van der Waals surface area contributed by atoms with Gasteiger partial charge in [-0.3, -0.25) is 0 Å². The summed E-state index contributed by atoms with van der Waals surface area (Å²) in [6, 6.07) is 17.9. The van der Waals surface area contributed by atoms with Crippen molar-refractivity contribution in [1.29, 1.82) is 0 Å². The Hall–Kier alpha value is -1.32. The van der Waals surface area contributed by atoms with Crippen molar-refractivity contribution in [2.24, 2.45) is 4.36 Å². The summed E-state index contributed by atoms with van der Waals surface area (Å²) in [4.78, 5) is 0.528. The number of rotatable bonds is 2. The number of hydrogen-bond acceptors (Lipinski definition) is 2.